The van der Waals surface area contributed by atoms with Crippen LogP contribution in [0.3, 0.4) is 0 Å². The van der Waals surface area contributed by atoms with E-state index in [1.54, 1.807) is 0 Å². The van der Waals surface area contributed by atoms with E-state index in [1.807, 2.05) is 12.1 Å². The lowest BCUT2D eigenvalue weighted by atomic mass is 10.0. The Balaban J connectivity index is 1.85. The van der Waals surface area contributed by atoms with Gasteiger partial charge in [0.05, 0.1) is 6.61 Å². The number of ether oxygens (including phenoxy) is 1. The lowest BCUT2D eigenvalue weighted by molar-refractivity contribution is -0.119. The highest BCUT2D eigenvalue weighted by atomic mass is 35.5. The molecule has 90 valence electrons. The minimum absolute atomic E-state index is 0.269. The highest BCUT2D eigenvalue weighted by Crippen LogP contribution is 2.40. The normalized spacial score (nSPS) is 25.3. The fraction of sp³-hybridized carbons (Fsp3) is 0.500. The number of halogens is 1. The smallest absolute Gasteiger partial charge is 0.140 e. The highest BCUT2D eigenvalue weighted by Gasteiger charge is 2.38. The Morgan fingerprint density at radius 1 is 1.53 bits per heavy atom. The number of benzene rings is 1. The number of fused-ring (bicyclic) bond motifs is 1. The van der Waals surface area contributed by atoms with E-state index in [2.05, 4.69) is 6.92 Å². The van der Waals surface area contributed by atoms with Gasteiger partial charge in [0, 0.05) is 29.3 Å². The molecule has 0 amide bonds. The van der Waals surface area contributed by atoms with Gasteiger partial charge in [-0.05, 0) is 30.0 Å². The van der Waals surface area contributed by atoms with Gasteiger partial charge in [0.1, 0.15) is 11.5 Å². The molecule has 1 fully saturated rings. The van der Waals surface area contributed by atoms with E-state index in [0.717, 1.165) is 29.7 Å². The summed E-state index contributed by atoms with van der Waals surface area (Å²) in [6.07, 6.45) is 2.41. The van der Waals surface area contributed by atoms with Gasteiger partial charge in [0.15, 0.2) is 0 Å². The molecule has 17 heavy (non-hydrogen) atoms. The average Bonchev–Trinajstić information content (AvgIpc) is 2.82. The van der Waals surface area contributed by atoms with Gasteiger partial charge < -0.3 is 4.74 Å². The Hall–Kier alpha value is -1.02. The molecule has 3 heteroatoms. The van der Waals surface area contributed by atoms with E-state index < -0.39 is 0 Å². The molecule has 1 aliphatic carbocycles. The van der Waals surface area contributed by atoms with Crippen molar-refractivity contribution in [2.45, 2.75) is 26.2 Å². The van der Waals surface area contributed by atoms with E-state index in [9.17, 15) is 4.79 Å². The second-order valence-electron chi connectivity index (χ2n) is 5.11. The maximum Gasteiger partial charge on any atom is 0.140 e. The Labute approximate surface area is 106 Å². The fourth-order valence-corrected chi connectivity index (χ4v) is 2.83. The second kappa shape index (κ2) is 4.02. The van der Waals surface area contributed by atoms with Crippen molar-refractivity contribution < 1.29 is 9.53 Å². The van der Waals surface area contributed by atoms with Crippen LogP contribution in [0.15, 0.2) is 12.1 Å². The molecule has 3 rings (SSSR count). The van der Waals surface area contributed by atoms with Crippen LogP contribution in [0.5, 0.6) is 5.75 Å². The third-order valence-electron chi connectivity index (χ3n) is 3.71. The third-order valence-corrected chi connectivity index (χ3v) is 3.93. The van der Waals surface area contributed by atoms with Gasteiger partial charge in [-0.25, -0.2) is 0 Å². The summed E-state index contributed by atoms with van der Waals surface area (Å²) >= 11 is 6.07. The first-order chi connectivity index (χ1) is 8.15. The zero-order chi connectivity index (χ0) is 12.0. The van der Waals surface area contributed by atoms with Crippen LogP contribution in [0.4, 0.5) is 0 Å². The Kier molecular flexibility index (Phi) is 2.62. The predicted octanol–water partition coefficient (Wildman–Crippen LogP) is 3.04. The molecule has 1 aliphatic heterocycles. The maximum absolute atomic E-state index is 12.0. The number of Topliss-reactive ketones (excluding diaryl/α,β-unsaturated/α-hetero) is 1. The van der Waals surface area contributed by atoms with Gasteiger partial charge in [-0.3, -0.25) is 4.79 Å². The molecule has 0 saturated heterocycles. The minimum Gasteiger partial charge on any atom is -0.493 e. The van der Waals surface area contributed by atoms with Crippen molar-refractivity contribution in [1.82, 2.24) is 0 Å². The predicted molar refractivity (Wildman–Crippen MR) is 66.6 cm³/mol. The summed E-state index contributed by atoms with van der Waals surface area (Å²) in [6.45, 7) is 2.83. The summed E-state index contributed by atoms with van der Waals surface area (Å²) in [4.78, 5) is 12.0. The summed E-state index contributed by atoms with van der Waals surface area (Å²) < 4.78 is 5.60. The Morgan fingerprint density at radius 3 is 3.00 bits per heavy atom. The first kappa shape index (κ1) is 11.1. The largest absolute Gasteiger partial charge is 0.493 e. The van der Waals surface area contributed by atoms with Crippen LogP contribution in [-0.4, -0.2) is 12.4 Å². The standard InChI is InChI=1S/C14H15ClO2/c1-8-4-12(8)13(16)7-10-6-11(15)5-9-2-3-17-14(9)10/h5-6,8,12H,2-4,7H2,1H3. The van der Waals surface area contributed by atoms with Crippen LogP contribution in [0, 0.1) is 11.8 Å². The number of rotatable bonds is 3. The fourth-order valence-electron chi connectivity index (χ4n) is 2.57. The molecule has 1 heterocycles. The molecule has 1 aromatic carbocycles. The summed E-state index contributed by atoms with van der Waals surface area (Å²) in [7, 11) is 0. The Bertz CT molecular complexity index is 481. The van der Waals surface area contributed by atoms with Gasteiger partial charge in [-0.15, -0.1) is 0 Å². The van der Waals surface area contributed by atoms with Crippen LogP contribution in [0.25, 0.3) is 0 Å². The number of hydrogen-bond donors (Lipinski definition) is 0. The molecule has 2 unspecified atom stereocenters. The molecule has 1 saturated carbocycles. The van der Waals surface area contributed by atoms with Crippen LogP contribution < -0.4 is 4.74 Å². The maximum atomic E-state index is 12.0. The third kappa shape index (κ3) is 2.06. The SMILES string of the molecule is CC1CC1C(=O)Cc1cc(Cl)cc2c1OCC2. The van der Waals surface area contributed by atoms with Crippen molar-refractivity contribution in [3.8, 4) is 5.75 Å². The minimum atomic E-state index is 0.269. The van der Waals surface area contributed by atoms with Gasteiger partial charge in [-0.2, -0.15) is 0 Å². The van der Waals surface area contributed by atoms with Crippen molar-refractivity contribution >= 4 is 17.4 Å². The average molecular weight is 251 g/mol. The van der Waals surface area contributed by atoms with Crippen molar-refractivity contribution in [1.29, 1.82) is 0 Å². The molecule has 2 atom stereocenters. The zero-order valence-electron chi connectivity index (χ0n) is 9.83. The number of carbonyl (C=O) groups excluding carboxylic acids is 1. The van der Waals surface area contributed by atoms with Crippen molar-refractivity contribution in [3.63, 3.8) is 0 Å². The van der Waals surface area contributed by atoms with Gasteiger partial charge >= 0.3 is 0 Å². The first-order valence-electron chi connectivity index (χ1n) is 6.12. The van der Waals surface area contributed by atoms with E-state index in [1.165, 1.54) is 0 Å². The highest BCUT2D eigenvalue weighted by molar-refractivity contribution is 6.30. The molecule has 0 N–H and O–H groups in total. The van der Waals surface area contributed by atoms with Crippen LogP contribution in [-0.2, 0) is 17.6 Å². The molecule has 0 aromatic heterocycles. The monoisotopic (exact) mass is 250 g/mol. The van der Waals surface area contributed by atoms with E-state index in [-0.39, 0.29) is 5.92 Å². The van der Waals surface area contributed by atoms with Crippen LogP contribution >= 0.6 is 11.6 Å². The van der Waals surface area contributed by atoms with Crippen molar-refractivity contribution in [2.24, 2.45) is 11.8 Å². The number of carbonyl (C=O) groups is 1. The van der Waals surface area contributed by atoms with Gasteiger partial charge in [-0.1, -0.05) is 18.5 Å². The molecular formula is C14H15ClO2. The van der Waals surface area contributed by atoms with E-state index >= 15 is 0 Å². The van der Waals surface area contributed by atoms with Crippen LogP contribution in [0.2, 0.25) is 5.02 Å². The van der Waals surface area contributed by atoms with Crippen LogP contribution in [0.1, 0.15) is 24.5 Å². The van der Waals surface area contributed by atoms with E-state index in [4.69, 9.17) is 16.3 Å². The quantitative estimate of drug-likeness (QED) is 0.824. The summed E-state index contributed by atoms with van der Waals surface area (Å²) in [5.41, 5.74) is 2.11. The molecule has 0 bridgehead atoms. The number of hydrogen-bond acceptors (Lipinski definition) is 2. The topological polar surface area (TPSA) is 26.3 Å². The lowest BCUT2D eigenvalue weighted by Crippen LogP contribution is -2.07. The molecule has 0 radical (unpaired) electrons. The molecule has 0 spiro atoms. The summed E-state index contributed by atoms with van der Waals surface area (Å²) in [6, 6.07) is 3.81. The summed E-state index contributed by atoms with van der Waals surface area (Å²) in [5, 5.41) is 0.709. The molecule has 1 aromatic rings. The zero-order valence-corrected chi connectivity index (χ0v) is 10.6. The van der Waals surface area contributed by atoms with Gasteiger partial charge in [0.2, 0.25) is 0 Å². The van der Waals surface area contributed by atoms with Crippen molar-refractivity contribution in [2.75, 3.05) is 6.61 Å². The molecule has 2 nitrogen and oxygen atoms in total. The molecule has 2 aliphatic rings. The van der Waals surface area contributed by atoms with E-state index in [0.29, 0.717) is 29.8 Å². The molecular weight excluding hydrogens is 236 g/mol. The lowest BCUT2D eigenvalue weighted by Gasteiger charge is -2.08. The summed E-state index contributed by atoms with van der Waals surface area (Å²) in [5.74, 6) is 2.07. The van der Waals surface area contributed by atoms with Crippen molar-refractivity contribution in [3.05, 3.63) is 28.3 Å². The van der Waals surface area contributed by atoms with Gasteiger partial charge in [0.25, 0.3) is 0 Å². The first-order valence-corrected chi connectivity index (χ1v) is 6.50. The number of ketones is 1. The Morgan fingerprint density at radius 2 is 2.29 bits per heavy atom. The second-order valence-corrected chi connectivity index (χ2v) is 5.55.